The van der Waals surface area contributed by atoms with Crippen molar-refractivity contribution in [3.63, 3.8) is 0 Å². The fraction of sp³-hybridized carbons (Fsp3) is 0.706. The number of rotatable bonds is 45. The molecule has 558 valence electrons. The molecule has 19 N–H and O–H groups in total. The van der Waals surface area contributed by atoms with Crippen LogP contribution in [-0.2, 0) is 73.5 Å². The van der Waals surface area contributed by atoms with Crippen LogP contribution in [0.1, 0.15) is 173 Å². The summed E-state index contributed by atoms with van der Waals surface area (Å²) in [6.45, 7) is 21.4. The number of carbonyl (C=O) groups excluding carboxylic acids is 13. The molecule has 1 aromatic rings. The zero-order valence-electron chi connectivity index (χ0n) is 60.1. The molecule has 0 radical (unpaired) electrons. The number of aliphatic hydroxyl groups is 1. The van der Waals surface area contributed by atoms with Gasteiger partial charge in [-0.15, -0.1) is 0 Å². The van der Waals surface area contributed by atoms with E-state index in [2.05, 4.69) is 58.5 Å². The topological polar surface area (TPSA) is 493 Å². The van der Waals surface area contributed by atoms with E-state index >= 15 is 0 Å². The molecule has 31 heteroatoms. The first-order valence-corrected chi connectivity index (χ1v) is 34.6. The SMILES string of the molecule is CC(C)C[C@H](NC(=O)[C@H](CC(C)C)NC(=O)CNC(=O)[C@H](CO)NC(=O)[C@H](CC(C)C)NC(=O)[C@H](CC(C)C)NC(=O)[C@H](CCCCN)NC(=O)[C@H](C)NC(=O)[C@@H](NC(=O)[C@H](CCC(=O)O)NC(=O)[C@@H]1CCCN1C(=O)[C@H](CC(C)C)NC(=O)[C@@H](N)Cc1ccccc1)C(C)C)C(N)=O. The number of nitrogens with one attached hydrogen (secondary N) is 11. The Bertz CT molecular complexity index is 2860. The van der Waals surface area contributed by atoms with Crippen LogP contribution in [-0.4, -0.2) is 197 Å². The normalized spacial score (nSPS) is 16.3. The first-order chi connectivity index (χ1) is 46.4. The van der Waals surface area contributed by atoms with Crippen molar-refractivity contribution in [1.82, 2.24) is 63.4 Å². The van der Waals surface area contributed by atoms with Crippen molar-refractivity contribution in [2.75, 3.05) is 26.2 Å². The van der Waals surface area contributed by atoms with Gasteiger partial charge in [-0.2, -0.15) is 0 Å². The van der Waals surface area contributed by atoms with Crippen LogP contribution >= 0.6 is 0 Å². The highest BCUT2D eigenvalue weighted by molar-refractivity contribution is 5.99. The van der Waals surface area contributed by atoms with Gasteiger partial charge in [0, 0.05) is 13.0 Å². The van der Waals surface area contributed by atoms with E-state index in [0.717, 1.165) is 5.56 Å². The Kier molecular flexibility index (Phi) is 38.5. The largest absolute Gasteiger partial charge is 0.481 e. The molecule has 99 heavy (non-hydrogen) atoms. The zero-order chi connectivity index (χ0) is 75.0. The second kappa shape index (κ2) is 43.9. The number of carboxylic acid groups (broad SMARTS) is 1. The number of amides is 13. The zero-order valence-corrected chi connectivity index (χ0v) is 60.1. The molecule has 0 spiro atoms. The number of unbranched alkanes of at least 4 members (excludes halogenated alkanes) is 1. The van der Waals surface area contributed by atoms with Gasteiger partial charge in [-0.1, -0.05) is 113 Å². The maximum Gasteiger partial charge on any atom is 0.303 e. The number of nitrogens with two attached hydrogens (primary N) is 3. The summed E-state index contributed by atoms with van der Waals surface area (Å²) in [5.74, 6) is -12.8. The quantitative estimate of drug-likeness (QED) is 0.0344. The Balaban J connectivity index is 2.27. The number of nitrogens with zero attached hydrogens (tertiary/aromatic N) is 1. The summed E-state index contributed by atoms with van der Waals surface area (Å²) in [6.07, 6.45) is 1.23. The minimum absolute atomic E-state index is 0.00832. The lowest BCUT2D eigenvalue weighted by Gasteiger charge is -2.31. The summed E-state index contributed by atoms with van der Waals surface area (Å²) in [5, 5.41) is 48.4. The molecule has 0 unspecified atom stereocenters. The van der Waals surface area contributed by atoms with E-state index in [0.29, 0.717) is 19.3 Å². The Morgan fingerprint density at radius 2 is 0.960 bits per heavy atom. The van der Waals surface area contributed by atoms with Gasteiger partial charge in [0.1, 0.15) is 66.5 Å². The second-order valence-corrected chi connectivity index (χ2v) is 28.2. The number of primary amides is 1. The summed E-state index contributed by atoms with van der Waals surface area (Å²) in [4.78, 5) is 191. The van der Waals surface area contributed by atoms with Crippen LogP contribution in [0.5, 0.6) is 0 Å². The average molecular weight is 1400 g/mol. The second-order valence-electron chi connectivity index (χ2n) is 28.2. The average Bonchev–Trinajstić information content (AvgIpc) is 1.77. The van der Waals surface area contributed by atoms with Crippen LogP contribution in [0, 0.1) is 35.5 Å². The number of likely N-dealkylation sites (tertiary alicyclic amines) is 1. The minimum Gasteiger partial charge on any atom is -0.481 e. The first-order valence-electron chi connectivity index (χ1n) is 34.6. The molecular weight excluding hydrogens is 1280 g/mol. The van der Waals surface area contributed by atoms with Crippen molar-refractivity contribution in [1.29, 1.82) is 0 Å². The van der Waals surface area contributed by atoms with Gasteiger partial charge >= 0.3 is 5.97 Å². The number of hydrogen-bond donors (Lipinski definition) is 16. The predicted octanol–water partition coefficient (Wildman–Crippen LogP) is -1.11. The van der Waals surface area contributed by atoms with Gasteiger partial charge in [0.15, 0.2) is 0 Å². The molecule has 1 aliphatic heterocycles. The molecule has 0 saturated carbocycles. The van der Waals surface area contributed by atoms with Crippen LogP contribution in [0.4, 0.5) is 0 Å². The van der Waals surface area contributed by atoms with E-state index < -0.39 is 187 Å². The Hall–Kier alpha value is -8.32. The summed E-state index contributed by atoms with van der Waals surface area (Å²) >= 11 is 0. The van der Waals surface area contributed by atoms with E-state index in [1.807, 2.05) is 71.9 Å². The third-order valence-corrected chi connectivity index (χ3v) is 16.3. The lowest BCUT2D eigenvalue weighted by molar-refractivity contribution is -0.143. The number of benzene rings is 1. The van der Waals surface area contributed by atoms with Gasteiger partial charge in [-0.3, -0.25) is 67.1 Å². The molecule has 0 aromatic heterocycles. The van der Waals surface area contributed by atoms with Crippen molar-refractivity contribution in [3.05, 3.63) is 35.9 Å². The number of aliphatic carboxylic acids is 1. The number of aliphatic hydroxyl groups excluding tert-OH is 1. The smallest absolute Gasteiger partial charge is 0.303 e. The molecule has 1 aliphatic rings. The summed E-state index contributed by atoms with van der Waals surface area (Å²) < 4.78 is 0. The van der Waals surface area contributed by atoms with Gasteiger partial charge in [0.05, 0.1) is 19.2 Å². The molecule has 13 amide bonds. The Labute approximate surface area is 582 Å². The van der Waals surface area contributed by atoms with Crippen LogP contribution in [0.3, 0.4) is 0 Å². The molecule has 12 atom stereocenters. The molecule has 1 fully saturated rings. The summed E-state index contributed by atoms with van der Waals surface area (Å²) in [5.41, 5.74) is 18.4. The molecule has 31 nitrogen and oxygen atoms in total. The van der Waals surface area contributed by atoms with Gasteiger partial charge < -0.3 is 90.8 Å². The monoisotopic (exact) mass is 1400 g/mol. The molecule has 0 bridgehead atoms. The van der Waals surface area contributed by atoms with E-state index in [9.17, 15) is 77.3 Å². The molecule has 1 heterocycles. The number of carboxylic acids is 1. The molecule has 0 aliphatic carbocycles. The lowest BCUT2D eigenvalue weighted by atomic mass is 9.99. The van der Waals surface area contributed by atoms with Gasteiger partial charge in [0.2, 0.25) is 76.8 Å². The summed E-state index contributed by atoms with van der Waals surface area (Å²) in [7, 11) is 0. The van der Waals surface area contributed by atoms with Crippen LogP contribution < -0.4 is 75.7 Å². The maximum absolute atomic E-state index is 14.3. The first kappa shape index (κ1) is 86.8. The minimum atomic E-state index is -1.63. The van der Waals surface area contributed by atoms with Crippen molar-refractivity contribution >= 4 is 82.8 Å². The predicted molar refractivity (Wildman–Crippen MR) is 369 cm³/mol. The van der Waals surface area contributed by atoms with Gasteiger partial charge in [-0.25, -0.2) is 0 Å². The third-order valence-electron chi connectivity index (χ3n) is 16.3. The fourth-order valence-corrected chi connectivity index (χ4v) is 11.1. The van der Waals surface area contributed by atoms with Crippen molar-refractivity contribution in [3.8, 4) is 0 Å². The van der Waals surface area contributed by atoms with Gasteiger partial charge in [-0.05, 0) is 132 Å². The Morgan fingerprint density at radius 3 is 1.45 bits per heavy atom. The maximum atomic E-state index is 14.3. The van der Waals surface area contributed by atoms with Crippen LogP contribution in [0.15, 0.2) is 30.3 Å². The molecule has 1 aromatic carbocycles. The number of carbonyl (C=O) groups is 14. The van der Waals surface area contributed by atoms with E-state index in [-0.39, 0.29) is 94.0 Å². The van der Waals surface area contributed by atoms with E-state index in [4.69, 9.17) is 17.2 Å². The highest BCUT2D eigenvalue weighted by Crippen LogP contribution is 2.22. The van der Waals surface area contributed by atoms with Crippen LogP contribution in [0.25, 0.3) is 0 Å². The van der Waals surface area contributed by atoms with Crippen molar-refractivity contribution in [2.24, 2.45) is 52.7 Å². The van der Waals surface area contributed by atoms with Gasteiger partial charge in [0.25, 0.3) is 0 Å². The van der Waals surface area contributed by atoms with Crippen LogP contribution in [0.2, 0.25) is 0 Å². The molecule has 2 rings (SSSR count). The summed E-state index contributed by atoms with van der Waals surface area (Å²) in [6, 6.07) is -6.01. The standard InChI is InChI=1S/C68H115N15O16/c1-36(2)28-47(57(71)88)77-63(94)48(29-37(3)4)74-54(85)34-72-60(91)52(35-84)81-65(96)50(31-39(7)8)79-64(95)49(30-38(5)6)78-61(92)45(22-17-18-26-69)75-58(89)42(13)73-67(98)56(41(11)12)82-62(93)46(24-25-55(86)87)76-66(97)53-23-19-27-83(53)68(99)51(32-40(9)10)80-59(90)44(70)33-43-20-15-14-16-21-43/h14-16,20-21,36-42,44-53,56,84H,17-19,22-35,69-70H2,1-13H3,(H2,71,88)(H,72,91)(H,73,98)(H,74,85)(H,75,89)(H,76,97)(H,77,94)(H,78,92)(H,79,95)(H,80,90)(H,81,96)(H,82,93)(H,86,87)/t42-,44-,45-,46-,47-,48-,49-,50-,51-,52-,53-,56-/m0/s1. The highest BCUT2D eigenvalue weighted by atomic mass is 16.4. The van der Waals surface area contributed by atoms with E-state index in [1.54, 1.807) is 41.5 Å². The third kappa shape index (κ3) is 32.0. The molecule has 1 saturated heterocycles. The Morgan fingerprint density at radius 1 is 0.505 bits per heavy atom. The fourth-order valence-electron chi connectivity index (χ4n) is 11.1. The molecular formula is C68H115N15O16. The number of hydrogen-bond acceptors (Lipinski definition) is 17. The van der Waals surface area contributed by atoms with E-state index in [1.165, 1.54) is 11.8 Å². The highest BCUT2D eigenvalue weighted by Gasteiger charge is 2.41. The van der Waals surface area contributed by atoms with Crippen molar-refractivity contribution in [2.45, 2.75) is 246 Å². The van der Waals surface area contributed by atoms with Crippen molar-refractivity contribution < 1.29 is 77.3 Å². The lowest BCUT2D eigenvalue weighted by Crippen LogP contribution is -2.61.